The molecule has 0 aromatic carbocycles. The van der Waals surface area contributed by atoms with Crippen LogP contribution < -0.4 is 0 Å². The van der Waals surface area contributed by atoms with Crippen molar-refractivity contribution in [2.24, 2.45) is 0 Å². The van der Waals surface area contributed by atoms with Gasteiger partial charge in [0.05, 0.1) is 0 Å². The summed E-state index contributed by atoms with van der Waals surface area (Å²) in [6.45, 7) is 1.44. The van der Waals surface area contributed by atoms with Gasteiger partial charge in [-0.2, -0.15) is 0 Å². The number of hydrogen-bond donors (Lipinski definition) is 0. The topological polar surface area (TPSA) is 43.4 Å². The highest BCUT2D eigenvalue weighted by molar-refractivity contribution is 7.76. The molecule has 0 aromatic rings. The zero-order valence-corrected chi connectivity index (χ0v) is 5.32. The number of nitrogens with zero attached hydrogens (tertiary/aromatic N) is 1. The molecule has 0 aromatic heterocycles. The smallest absolute Gasteiger partial charge is 0.0209 e. The van der Waals surface area contributed by atoms with Gasteiger partial charge in [0.1, 0.15) is 0 Å². The van der Waals surface area contributed by atoms with Crippen molar-refractivity contribution in [3.05, 3.63) is 0 Å². The van der Waals surface area contributed by atoms with Crippen molar-refractivity contribution in [3.8, 4) is 0 Å². The second kappa shape index (κ2) is 2.57. The Balaban J connectivity index is 2.35. The molecule has 1 atom stereocenters. The third-order valence-electron chi connectivity index (χ3n) is 1.28. The van der Waals surface area contributed by atoms with E-state index in [1.165, 1.54) is 4.31 Å². The average Bonchev–Trinajstić information content (AvgIpc) is 2.12. The van der Waals surface area contributed by atoms with Gasteiger partial charge in [-0.15, -0.1) is 0 Å². The van der Waals surface area contributed by atoms with Gasteiger partial charge in [0.25, 0.3) is 0 Å². The molecule has 0 aliphatic carbocycles. The van der Waals surface area contributed by atoms with Crippen LogP contribution in [0.4, 0.5) is 0 Å². The van der Waals surface area contributed by atoms with Crippen LogP contribution in [0, 0.1) is 0 Å². The molecule has 1 rings (SSSR count). The van der Waals surface area contributed by atoms with Crippen molar-refractivity contribution in [1.29, 1.82) is 0 Å². The normalized spacial score (nSPS) is 26.1. The van der Waals surface area contributed by atoms with Gasteiger partial charge in [0.15, 0.2) is 0 Å². The van der Waals surface area contributed by atoms with Crippen molar-refractivity contribution < 1.29 is 8.76 Å². The summed E-state index contributed by atoms with van der Waals surface area (Å²) in [6, 6.07) is 0. The van der Waals surface area contributed by atoms with Crippen LogP contribution in [0.3, 0.4) is 0 Å². The minimum Gasteiger partial charge on any atom is -0.760 e. The second-order valence-corrected chi connectivity index (χ2v) is 2.80. The fourth-order valence-electron chi connectivity index (χ4n) is 0.837. The maximum atomic E-state index is 10.1. The molecule has 0 bridgehead atoms. The molecule has 0 saturated carbocycles. The minimum atomic E-state index is -1.96. The molecular weight excluding hydrogens is 126 g/mol. The first-order chi connectivity index (χ1) is 3.80. The fraction of sp³-hybridized carbons (Fsp3) is 1.00. The molecule has 1 unspecified atom stereocenters. The molecule has 1 aliphatic heterocycles. The van der Waals surface area contributed by atoms with E-state index >= 15 is 0 Å². The van der Waals surface area contributed by atoms with Gasteiger partial charge in [0.2, 0.25) is 0 Å². The van der Waals surface area contributed by atoms with Gasteiger partial charge in [-0.3, -0.25) is 4.21 Å². The molecule has 1 heterocycles. The lowest BCUT2D eigenvalue weighted by Gasteiger charge is -2.15. The van der Waals surface area contributed by atoms with Crippen LogP contribution in [-0.2, 0) is 11.3 Å². The van der Waals surface area contributed by atoms with Gasteiger partial charge >= 0.3 is 0 Å². The van der Waals surface area contributed by atoms with E-state index in [-0.39, 0.29) is 0 Å². The number of rotatable bonds is 1. The van der Waals surface area contributed by atoms with Gasteiger partial charge in [-0.05, 0) is 12.8 Å². The molecule has 3 nitrogen and oxygen atoms in total. The van der Waals surface area contributed by atoms with Crippen molar-refractivity contribution in [3.63, 3.8) is 0 Å². The fourth-order valence-corrected chi connectivity index (χ4v) is 1.39. The van der Waals surface area contributed by atoms with Gasteiger partial charge in [0, 0.05) is 24.4 Å². The van der Waals surface area contributed by atoms with Crippen LogP contribution in [0.1, 0.15) is 12.8 Å². The molecule has 0 spiro atoms. The maximum absolute atomic E-state index is 10.1. The van der Waals surface area contributed by atoms with E-state index in [9.17, 15) is 8.76 Å². The number of hydrogen-bond acceptors (Lipinski definition) is 2. The van der Waals surface area contributed by atoms with Crippen LogP contribution in [0.15, 0.2) is 0 Å². The molecule has 1 saturated heterocycles. The summed E-state index contributed by atoms with van der Waals surface area (Å²) in [5.41, 5.74) is 0. The van der Waals surface area contributed by atoms with E-state index in [0.29, 0.717) is 0 Å². The van der Waals surface area contributed by atoms with E-state index in [2.05, 4.69) is 0 Å². The summed E-state index contributed by atoms with van der Waals surface area (Å²) in [6.07, 6.45) is 2.04. The summed E-state index contributed by atoms with van der Waals surface area (Å²) in [4.78, 5) is 0. The maximum Gasteiger partial charge on any atom is 0.0209 e. The van der Waals surface area contributed by atoms with E-state index in [0.717, 1.165) is 25.9 Å². The quantitative estimate of drug-likeness (QED) is 0.469. The predicted molar refractivity (Wildman–Crippen MR) is 29.7 cm³/mol. The van der Waals surface area contributed by atoms with Crippen LogP contribution >= 0.6 is 0 Å². The molecular formula is C4H8NO2S-. The second-order valence-electron chi connectivity index (χ2n) is 1.85. The third-order valence-corrected chi connectivity index (χ3v) is 2.06. The Labute approximate surface area is 51.1 Å². The van der Waals surface area contributed by atoms with Crippen LogP contribution in [-0.4, -0.2) is 26.2 Å². The van der Waals surface area contributed by atoms with E-state index < -0.39 is 11.3 Å². The molecule has 48 valence electrons. The Hall–Kier alpha value is 0.0700. The van der Waals surface area contributed by atoms with Crippen molar-refractivity contribution in [2.45, 2.75) is 12.8 Å². The lowest BCUT2D eigenvalue weighted by Crippen LogP contribution is -2.20. The summed E-state index contributed by atoms with van der Waals surface area (Å²) in [5, 5.41) is 0. The highest BCUT2D eigenvalue weighted by Gasteiger charge is 2.10. The zero-order chi connectivity index (χ0) is 5.98. The summed E-state index contributed by atoms with van der Waals surface area (Å²) >= 11 is -1.96. The Morgan fingerprint density at radius 1 is 1.38 bits per heavy atom. The molecule has 1 fully saturated rings. The minimum absolute atomic E-state index is 0.718. The van der Waals surface area contributed by atoms with Crippen LogP contribution in [0.2, 0.25) is 0 Å². The molecule has 4 heteroatoms. The van der Waals surface area contributed by atoms with Gasteiger partial charge in [-0.25, -0.2) is 4.31 Å². The molecule has 0 N–H and O–H groups in total. The highest BCUT2D eigenvalue weighted by Crippen LogP contribution is 2.07. The van der Waals surface area contributed by atoms with Crippen LogP contribution in [0.25, 0.3) is 0 Å². The monoisotopic (exact) mass is 134 g/mol. The van der Waals surface area contributed by atoms with Gasteiger partial charge in [-0.1, -0.05) is 0 Å². The van der Waals surface area contributed by atoms with Crippen molar-refractivity contribution in [2.75, 3.05) is 13.1 Å². The predicted octanol–water partition coefficient (Wildman–Crippen LogP) is -0.124. The van der Waals surface area contributed by atoms with Crippen molar-refractivity contribution in [1.82, 2.24) is 4.31 Å². The third kappa shape index (κ3) is 1.27. The molecule has 0 amide bonds. The first-order valence-electron chi connectivity index (χ1n) is 2.65. The van der Waals surface area contributed by atoms with Crippen LogP contribution in [0.5, 0.6) is 0 Å². The molecule has 0 radical (unpaired) electrons. The molecule has 1 aliphatic rings. The Bertz CT molecular complexity index is 100. The summed E-state index contributed by atoms with van der Waals surface area (Å²) in [7, 11) is 0. The van der Waals surface area contributed by atoms with E-state index in [1.54, 1.807) is 0 Å². The Morgan fingerprint density at radius 2 is 1.88 bits per heavy atom. The summed E-state index contributed by atoms with van der Waals surface area (Å²) < 4.78 is 21.7. The lowest BCUT2D eigenvalue weighted by molar-refractivity contribution is 0.438. The first kappa shape index (κ1) is 6.19. The lowest BCUT2D eigenvalue weighted by atomic mass is 10.4. The average molecular weight is 134 g/mol. The van der Waals surface area contributed by atoms with Crippen molar-refractivity contribution >= 4 is 11.3 Å². The standard InChI is InChI=1S/C4H9NO2S/c6-8(7)5-3-1-2-4-5/h1-4H2,(H,6,7)/p-1. The summed E-state index contributed by atoms with van der Waals surface area (Å²) in [5.74, 6) is 0. The molecule has 8 heavy (non-hydrogen) atoms. The van der Waals surface area contributed by atoms with Gasteiger partial charge < -0.3 is 4.55 Å². The Kier molecular flexibility index (Phi) is 1.99. The largest absolute Gasteiger partial charge is 0.760 e. The van der Waals surface area contributed by atoms with E-state index in [4.69, 9.17) is 0 Å². The first-order valence-corrected chi connectivity index (χ1v) is 3.68. The zero-order valence-electron chi connectivity index (χ0n) is 4.50. The highest BCUT2D eigenvalue weighted by atomic mass is 32.2. The SMILES string of the molecule is O=S([O-])N1CCCC1. The van der Waals surface area contributed by atoms with E-state index in [1.807, 2.05) is 0 Å². The Morgan fingerprint density at radius 3 is 2.12 bits per heavy atom.